The molecule has 1 aromatic carbocycles. The second-order valence-electron chi connectivity index (χ2n) is 2.30. The number of halogens is 1. The summed E-state index contributed by atoms with van der Waals surface area (Å²) in [4.78, 5) is 8.66. The zero-order chi connectivity index (χ0) is 8.39. The second-order valence-corrected chi connectivity index (χ2v) is 2.30. The molecule has 0 radical (unpaired) electrons. The Labute approximate surface area is 68.3 Å². The minimum atomic E-state index is -0.847. The normalized spacial score (nSPS) is 10.4. The minimum absolute atomic E-state index is 0.773. The summed E-state index contributed by atoms with van der Waals surface area (Å²) in [5, 5.41) is 0. The van der Waals surface area contributed by atoms with Gasteiger partial charge < -0.3 is 4.84 Å². The Bertz CT molecular complexity index is 385. The van der Waals surface area contributed by atoms with E-state index in [0.717, 1.165) is 11.0 Å². The average Bonchev–Trinajstić information content (AvgIpc) is 2.50. The highest BCUT2D eigenvalue weighted by Gasteiger charge is 1.99. The van der Waals surface area contributed by atoms with Crippen LogP contribution < -0.4 is 4.84 Å². The van der Waals surface area contributed by atoms with Crippen molar-refractivity contribution >= 4 is 11.0 Å². The molecule has 3 nitrogen and oxygen atoms in total. The number of imidazole rings is 1. The lowest BCUT2D eigenvalue weighted by molar-refractivity contribution is 0.0489. The van der Waals surface area contributed by atoms with E-state index >= 15 is 0 Å². The van der Waals surface area contributed by atoms with Crippen molar-refractivity contribution in [1.29, 1.82) is 0 Å². The second kappa shape index (κ2) is 2.81. The van der Waals surface area contributed by atoms with E-state index in [1.54, 1.807) is 0 Å². The number of fused-ring (bicyclic) bond motifs is 1. The fraction of sp³-hybridized carbons (Fsp3) is 0.125. The van der Waals surface area contributed by atoms with Gasteiger partial charge >= 0.3 is 0 Å². The molecule has 0 bridgehead atoms. The van der Waals surface area contributed by atoms with Gasteiger partial charge in [0, 0.05) is 0 Å². The molecule has 0 aliphatic carbocycles. The zero-order valence-corrected chi connectivity index (χ0v) is 6.27. The van der Waals surface area contributed by atoms with Gasteiger partial charge in [-0.2, -0.15) is 4.73 Å². The molecule has 0 atom stereocenters. The van der Waals surface area contributed by atoms with E-state index in [4.69, 9.17) is 0 Å². The molecule has 0 aliphatic heterocycles. The van der Waals surface area contributed by atoms with E-state index in [2.05, 4.69) is 9.82 Å². The summed E-state index contributed by atoms with van der Waals surface area (Å²) in [5.74, 6) is 0. The Hall–Kier alpha value is -1.58. The van der Waals surface area contributed by atoms with Crippen LogP contribution in [0.4, 0.5) is 4.39 Å². The Morgan fingerprint density at radius 2 is 2.25 bits per heavy atom. The molecular formula is C8H7FN2O. The van der Waals surface area contributed by atoms with Crippen LogP contribution >= 0.6 is 0 Å². The van der Waals surface area contributed by atoms with Crippen molar-refractivity contribution < 1.29 is 9.23 Å². The molecule has 0 N–H and O–H groups in total. The standard InChI is InChI=1S/C8H7FN2O/c9-5-12-11-6-10-7-3-1-2-4-8(7)11/h1-4,6H,5H2. The minimum Gasteiger partial charge on any atom is -0.379 e. The highest BCUT2D eigenvalue weighted by Crippen LogP contribution is 2.09. The van der Waals surface area contributed by atoms with Crippen LogP contribution in [0.25, 0.3) is 11.0 Å². The zero-order valence-electron chi connectivity index (χ0n) is 6.27. The Morgan fingerprint density at radius 3 is 3.08 bits per heavy atom. The highest BCUT2D eigenvalue weighted by atomic mass is 19.1. The molecule has 0 saturated carbocycles. The summed E-state index contributed by atoms with van der Waals surface area (Å²) in [7, 11) is 0. The quantitative estimate of drug-likeness (QED) is 0.674. The molecule has 0 spiro atoms. The molecule has 0 aliphatic rings. The average molecular weight is 166 g/mol. The number of hydrogen-bond donors (Lipinski definition) is 0. The third-order valence-electron chi connectivity index (χ3n) is 1.61. The maximum absolute atomic E-state index is 11.8. The summed E-state index contributed by atoms with van der Waals surface area (Å²) in [6, 6.07) is 7.38. The van der Waals surface area contributed by atoms with E-state index < -0.39 is 6.86 Å². The van der Waals surface area contributed by atoms with Crippen molar-refractivity contribution in [3.63, 3.8) is 0 Å². The lowest BCUT2D eigenvalue weighted by Gasteiger charge is -2.00. The molecule has 2 aromatic rings. The van der Waals surface area contributed by atoms with E-state index in [0.29, 0.717) is 0 Å². The van der Waals surface area contributed by atoms with Crippen LogP contribution in [0, 0.1) is 0 Å². The molecular weight excluding hydrogens is 159 g/mol. The number of aromatic nitrogens is 2. The molecule has 0 fully saturated rings. The maximum atomic E-state index is 11.8. The number of benzene rings is 1. The third-order valence-corrected chi connectivity index (χ3v) is 1.61. The molecule has 62 valence electrons. The SMILES string of the molecule is FCOn1cnc2ccccc21. The van der Waals surface area contributed by atoms with Crippen molar-refractivity contribution in [2.75, 3.05) is 6.86 Å². The van der Waals surface area contributed by atoms with Crippen LogP contribution in [-0.4, -0.2) is 16.6 Å². The Morgan fingerprint density at radius 1 is 1.42 bits per heavy atom. The maximum Gasteiger partial charge on any atom is 0.253 e. The van der Waals surface area contributed by atoms with Gasteiger partial charge in [0.2, 0.25) is 0 Å². The first-order valence-electron chi connectivity index (χ1n) is 3.53. The summed E-state index contributed by atoms with van der Waals surface area (Å²) in [5.41, 5.74) is 1.57. The number of para-hydroxylation sites is 2. The van der Waals surface area contributed by atoms with Gasteiger partial charge in [0.1, 0.15) is 11.8 Å². The first-order valence-corrected chi connectivity index (χ1v) is 3.53. The van der Waals surface area contributed by atoms with Crippen LogP contribution in [0.5, 0.6) is 0 Å². The van der Waals surface area contributed by atoms with Crippen molar-refractivity contribution in [2.24, 2.45) is 0 Å². The van der Waals surface area contributed by atoms with Crippen LogP contribution in [0.2, 0.25) is 0 Å². The van der Waals surface area contributed by atoms with E-state index in [1.165, 1.54) is 11.1 Å². The van der Waals surface area contributed by atoms with E-state index in [1.807, 2.05) is 24.3 Å². The van der Waals surface area contributed by atoms with E-state index in [9.17, 15) is 4.39 Å². The van der Waals surface area contributed by atoms with Crippen LogP contribution in [-0.2, 0) is 0 Å². The van der Waals surface area contributed by atoms with Gasteiger partial charge in [-0.15, -0.1) is 0 Å². The van der Waals surface area contributed by atoms with Crippen molar-refractivity contribution in [1.82, 2.24) is 9.71 Å². The number of hydrogen-bond acceptors (Lipinski definition) is 2. The van der Waals surface area contributed by atoms with Crippen LogP contribution in [0.3, 0.4) is 0 Å². The molecule has 2 rings (SSSR count). The first kappa shape index (κ1) is 7.09. The third kappa shape index (κ3) is 1.01. The van der Waals surface area contributed by atoms with Crippen LogP contribution in [0.15, 0.2) is 30.6 Å². The van der Waals surface area contributed by atoms with E-state index in [-0.39, 0.29) is 0 Å². The first-order chi connectivity index (χ1) is 5.92. The lowest BCUT2D eigenvalue weighted by atomic mass is 10.3. The summed E-state index contributed by atoms with van der Waals surface area (Å²) in [6.07, 6.45) is 1.45. The number of rotatable bonds is 2. The Balaban J connectivity index is 2.55. The topological polar surface area (TPSA) is 27.1 Å². The lowest BCUT2D eigenvalue weighted by Crippen LogP contribution is -2.07. The molecule has 0 saturated heterocycles. The summed E-state index contributed by atoms with van der Waals surface area (Å²) >= 11 is 0. The monoisotopic (exact) mass is 166 g/mol. The van der Waals surface area contributed by atoms with Gasteiger partial charge in [-0.05, 0) is 12.1 Å². The fourth-order valence-corrected chi connectivity index (χ4v) is 1.09. The smallest absolute Gasteiger partial charge is 0.253 e. The highest BCUT2D eigenvalue weighted by molar-refractivity contribution is 5.74. The van der Waals surface area contributed by atoms with Crippen molar-refractivity contribution in [3.05, 3.63) is 30.6 Å². The molecule has 0 unspecified atom stereocenters. The molecule has 1 heterocycles. The molecule has 1 aromatic heterocycles. The van der Waals surface area contributed by atoms with Crippen molar-refractivity contribution in [2.45, 2.75) is 0 Å². The molecule has 12 heavy (non-hydrogen) atoms. The van der Waals surface area contributed by atoms with Gasteiger partial charge in [-0.25, -0.2) is 9.37 Å². The van der Waals surface area contributed by atoms with Gasteiger partial charge in [0.15, 0.2) is 0 Å². The van der Waals surface area contributed by atoms with Crippen molar-refractivity contribution in [3.8, 4) is 0 Å². The van der Waals surface area contributed by atoms with Gasteiger partial charge in [0.05, 0.1) is 5.52 Å². The number of alkyl halides is 1. The largest absolute Gasteiger partial charge is 0.379 e. The molecule has 0 amide bonds. The summed E-state index contributed by atoms with van der Waals surface area (Å²) in [6.45, 7) is -0.847. The van der Waals surface area contributed by atoms with Crippen LogP contribution in [0.1, 0.15) is 0 Å². The Kier molecular flexibility index (Phi) is 1.66. The predicted molar refractivity (Wildman–Crippen MR) is 42.3 cm³/mol. The summed E-state index contributed by atoms with van der Waals surface area (Å²) < 4.78 is 13.1. The predicted octanol–water partition coefficient (Wildman–Crippen LogP) is 1.39. The van der Waals surface area contributed by atoms with Gasteiger partial charge in [0.25, 0.3) is 6.86 Å². The van der Waals surface area contributed by atoms with Gasteiger partial charge in [-0.1, -0.05) is 12.1 Å². The molecule has 4 heteroatoms. The number of nitrogens with zero attached hydrogens (tertiary/aromatic N) is 2. The van der Waals surface area contributed by atoms with Gasteiger partial charge in [-0.3, -0.25) is 0 Å². The fourth-order valence-electron chi connectivity index (χ4n) is 1.09.